The van der Waals surface area contributed by atoms with Crippen molar-refractivity contribution in [3.05, 3.63) is 124 Å². The summed E-state index contributed by atoms with van der Waals surface area (Å²) in [5, 5.41) is 9.38. The van der Waals surface area contributed by atoms with E-state index in [1.165, 1.54) is 9.96 Å². The number of benzene rings is 2. The second-order valence-electron chi connectivity index (χ2n) is 9.54. The molecule has 6 rings (SSSR count). The van der Waals surface area contributed by atoms with Gasteiger partial charge in [-0.1, -0.05) is 66.7 Å². The summed E-state index contributed by atoms with van der Waals surface area (Å²) in [7, 11) is 0. The predicted molar refractivity (Wildman–Crippen MR) is 143 cm³/mol. The van der Waals surface area contributed by atoms with Gasteiger partial charge in [0.05, 0.1) is 17.5 Å². The van der Waals surface area contributed by atoms with Crippen LogP contribution in [-0.4, -0.2) is 37.8 Å². The average Bonchev–Trinajstić information content (AvgIpc) is 2.95. The Morgan fingerprint density at radius 1 is 0.919 bits per heavy atom. The molecule has 0 aliphatic carbocycles. The Morgan fingerprint density at radius 2 is 1.59 bits per heavy atom. The largest absolute Gasteiger partial charge is 0.338 e. The summed E-state index contributed by atoms with van der Waals surface area (Å²) in [5.74, 6) is 0.207. The lowest BCUT2D eigenvalue weighted by molar-refractivity contribution is 0.0710. The van der Waals surface area contributed by atoms with E-state index in [4.69, 9.17) is 10.4 Å². The maximum Gasteiger partial charge on any atom is 0.267 e. The Bertz CT molecular complexity index is 1720. The molecule has 1 aliphatic heterocycles. The lowest BCUT2D eigenvalue weighted by Crippen LogP contribution is -2.41. The van der Waals surface area contributed by atoms with E-state index in [0.717, 1.165) is 18.4 Å². The lowest BCUT2D eigenvalue weighted by Gasteiger charge is -2.32. The monoisotopic (exact) mass is 489 g/mol. The van der Waals surface area contributed by atoms with Gasteiger partial charge in [0, 0.05) is 19.3 Å². The zero-order valence-electron chi connectivity index (χ0n) is 20.4. The van der Waals surface area contributed by atoms with Crippen LogP contribution in [0.3, 0.4) is 0 Å². The van der Waals surface area contributed by atoms with Gasteiger partial charge in [-0.15, -0.1) is 0 Å². The van der Waals surface area contributed by atoms with Crippen LogP contribution in [0.2, 0.25) is 0 Å². The molecule has 1 aliphatic rings. The number of nitrogens with one attached hydrogen (secondary N) is 1. The Hall–Kier alpha value is -4.52. The third-order valence-corrected chi connectivity index (χ3v) is 7.29. The Kier molecular flexibility index (Phi) is 5.88. The molecular weight excluding hydrogens is 462 g/mol. The second kappa shape index (κ2) is 9.50. The summed E-state index contributed by atoms with van der Waals surface area (Å²) in [4.78, 5) is 33.8. The molecule has 1 N–H and O–H groups in total. The minimum absolute atomic E-state index is 0.0683. The summed E-state index contributed by atoms with van der Waals surface area (Å²) in [6, 6.07) is 27.1. The van der Waals surface area contributed by atoms with E-state index in [0.29, 0.717) is 42.2 Å². The van der Waals surface area contributed by atoms with E-state index in [-0.39, 0.29) is 22.5 Å². The highest BCUT2D eigenvalue weighted by Crippen LogP contribution is 2.28. The molecule has 0 radical (unpaired) electrons. The van der Waals surface area contributed by atoms with Crippen molar-refractivity contribution in [1.82, 2.24) is 18.9 Å². The smallest absolute Gasteiger partial charge is 0.267 e. The zero-order chi connectivity index (χ0) is 25.4. The molecular formula is C30H27N5O2. The molecule has 2 aromatic carbocycles. The first-order valence-corrected chi connectivity index (χ1v) is 12.6. The van der Waals surface area contributed by atoms with Gasteiger partial charge in [-0.25, -0.2) is 4.98 Å². The quantitative estimate of drug-likeness (QED) is 0.384. The number of likely N-dealkylation sites (tertiary alicyclic amines) is 1. The van der Waals surface area contributed by atoms with Gasteiger partial charge >= 0.3 is 0 Å². The van der Waals surface area contributed by atoms with Crippen LogP contribution in [0.4, 0.5) is 0 Å². The van der Waals surface area contributed by atoms with Crippen LogP contribution >= 0.6 is 0 Å². The predicted octanol–water partition coefficient (Wildman–Crippen LogP) is 4.20. The highest BCUT2D eigenvalue weighted by atomic mass is 16.2. The number of pyridine rings is 2. The number of rotatable bonds is 4. The van der Waals surface area contributed by atoms with E-state index in [1.54, 1.807) is 29.0 Å². The lowest BCUT2D eigenvalue weighted by atomic mass is 9.89. The maximum absolute atomic E-state index is 13.8. The second-order valence-corrected chi connectivity index (χ2v) is 9.54. The summed E-state index contributed by atoms with van der Waals surface area (Å²) in [5.41, 5.74) is 3.22. The van der Waals surface area contributed by atoms with Crippen molar-refractivity contribution in [2.24, 2.45) is 0 Å². The summed E-state index contributed by atoms with van der Waals surface area (Å²) in [6.45, 7) is 1.57. The molecule has 7 heteroatoms. The molecule has 37 heavy (non-hydrogen) atoms. The molecule has 0 spiro atoms. The number of piperidine rings is 1. The minimum atomic E-state index is -0.251. The minimum Gasteiger partial charge on any atom is -0.338 e. The molecule has 0 bridgehead atoms. The summed E-state index contributed by atoms with van der Waals surface area (Å²) < 4.78 is 3.17. The van der Waals surface area contributed by atoms with Crippen molar-refractivity contribution in [2.45, 2.75) is 25.3 Å². The molecule has 1 amide bonds. The maximum atomic E-state index is 13.8. The normalized spacial score (nSPS) is 14.3. The highest BCUT2D eigenvalue weighted by Gasteiger charge is 2.27. The van der Waals surface area contributed by atoms with Crippen molar-refractivity contribution in [2.75, 3.05) is 13.1 Å². The molecule has 0 saturated carbocycles. The first kappa shape index (κ1) is 22.9. The summed E-state index contributed by atoms with van der Waals surface area (Å²) >= 11 is 0. The van der Waals surface area contributed by atoms with Crippen LogP contribution in [0.1, 0.15) is 40.2 Å². The van der Waals surface area contributed by atoms with Gasteiger partial charge in [0.25, 0.3) is 11.5 Å². The Morgan fingerprint density at radius 3 is 2.32 bits per heavy atom. The third-order valence-electron chi connectivity index (χ3n) is 7.29. The number of aromatic nitrogens is 3. The molecule has 1 saturated heterocycles. The van der Waals surface area contributed by atoms with Crippen LogP contribution in [0.25, 0.3) is 16.7 Å². The Labute approximate surface area is 213 Å². The molecule has 4 heterocycles. The van der Waals surface area contributed by atoms with Gasteiger partial charge in [0.15, 0.2) is 0 Å². The number of carbonyl (C=O) groups is 1. The number of hydrogen-bond donors (Lipinski definition) is 1. The number of fused-ring (bicyclic) bond motifs is 2. The van der Waals surface area contributed by atoms with Crippen molar-refractivity contribution in [1.29, 1.82) is 5.41 Å². The van der Waals surface area contributed by atoms with Crippen molar-refractivity contribution in [3.8, 4) is 0 Å². The molecule has 3 aromatic heterocycles. The number of hydrogen-bond acceptors (Lipinski definition) is 4. The third kappa shape index (κ3) is 4.22. The number of amides is 1. The van der Waals surface area contributed by atoms with E-state index >= 15 is 0 Å². The SMILES string of the molecule is N=c1c(C(=O)N2CCC(c3ccccc3)CC2)cc2c(=O)n3ccccc3nc2n1Cc1ccccc1. The molecule has 0 unspecified atom stereocenters. The average molecular weight is 490 g/mol. The van der Waals surface area contributed by atoms with Crippen LogP contribution in [0.5, 0.6) is 0 Å². The van der Waals surface area contributed by atoms with Gasteiger partial charge in [-0.3, -0.25) is 19.4 Å². The molecule has 184 valence electrons. The number of nitrogens with zero attached hydrogens (tertiary/aromatic N) is 4. The van der Waals surface area contributed by atoms with Gasteiger partial charge in [-0.05, 0) is 48.1 Å². The molecule has 1 fully saturated rings. The van der Waals surface area contributed by atoms with Crippen LogP contribution < -0.4 is 11.0 Å². The van der Waals surface area contributed by atoms with Crippen molar-refractivity contribution < 1.29 is 4.79 Å². The van der Waals surface area contributed by atoms with E-state index < -0.39 is 0 Å². The standard InChI is InChI=1S/C30H27N5O2/c31-27-24(29(36)33-17-14-23(15-18-33)22-11-5-2-6-12-22)19-25-28(35(27)20-21-9-3-1-4-10-21)32-26-13-7-8-16-34(26)30(25)37/h1-13,16,19,23,31H,14-15,17-18,20H2. The van der Waals surface area contributed by atoms with E-state index in [2.05, 4.69) is 24.3 Å². The highest BCUT2D eigenvalue weighted by molar-refractivity contribution is 5.97. The Balaban J connectivity index is 1.43. The van der Waals surface area contributed by atoms with Gasteiger partial charge in [0.2, 0.25) is 0 Å². The molecule has 5 aromatic rings. The molecule has 0 atom stereocenters. The first-order valence-electron chi connectivity index (χ1n) is 12.6. The fourth-order valence-corrected chi connectivity index (χ4v) is 5.28. The van der Waals surface area contributed by atoms with Crippen molar-refractivity contribution in [3.63, 3.8) is 0 Å². The number of carbonyl (C=O) groups excluding carboxylic acids is 1. The zero-order valence-corrected chi connectivity index (χ0v) is 20.4. The van der Waals surface area contributed by atoms with Crippen LogP contribution in [-0.2, 0) is 6.54 Å². The van der Waals surface area contributed by atoms with Crippen LogP contribution in [0.15, 0.2) is 95.9 Å². The first-order chi connectivity index (χ1) is 18.1. The van der Waals surface area contributed by atoms with E-state index in [1.807, 2.05) is 47.4 Å². The van der Waals surface area contributed by atoms with Crippen LogP contribution in [0, 0.1) is 5.41 Å². The van der Waals surface area contributed by atoms with Gasteiger partial charge < -0.3 is 9.47 Å². The fourth-order valence-electron chi connectivity index (χ4n) is 5.28. The fraction of sp³-hybridized carbons (Fsp3) is 0.200. The van der Waals surface area contributed by atoms with E-state index in [9.17, 15) is 9.59 Å². The van der Waals surface area contributed by atoms with Gasteiger partial charge in [-0.2, -0.15) is 0 Å². The molecule has 7 nitrogen and oxygen atoms in total. The summed E-state index contributed by atoms with van der Waals surface area (Å²) in [6.07, 6.45) is 3.42. The van der Waals surface area contributed by atoms with Gasteiger partial charge in [0.1, 0.15) is 16.8 Å². The topological polar surface area (TPSA) is 83.5 Å². The van der Waals surface area contributed by atoms with Crippen molar-refractivity contribution >= 4 is 22.6 Å².